The fraction of sp³-hybridized carbons (Fsp3) is 0.185. The molecule has 0 aromatic carbocycles. The van der Waals surface area contributed by atoms with Gasteiger partial charge in [0.15, 0.2) is 0 Å². The van der Waals surface area contributed by atoms with E-state index >= 15 is 0 Å². The maximum atomic E-state index is 11.6. The summed E-state index contributed by atoms with van der Waals surface area (Å²) >= 11 is 8.32. The summed E-state index contributed by atoms with van der Waals surface area (Å²) in [6, 6.07) is 15.6. The molecule has 0 bridgehead atoms. The molecule has 0 amide bonds. The normalized spacial score (nSPS) is 13.0. The first-order valence-electron chi connectivity index (χ1n) is 11.4. The minimum Gasteiger partial charge on any atom is -0.481 e. The van der Waals surface area contributed by atoms with Crippen LogP contribution in [0.3, 0.4) is 0 Å². The third kappa shape index (κ3) is 5.64. The van der Waals surface area contributed by atoms with Crippen molar-refractivity contribution in [1.82, 2.24) is 0 Å². The number of hydrogen-bond donors (Lipinski definition) is 3. The van der Waals surface area contributed by atoms with Gasteiger partial charge in [-0.2, -0.15) is 0 Å². The molecular formula is C27H23NO4S5. The molecule has 0 saturated heterocycles. The molecular weight excluding hydrogens is 563 g/mol. The average molecular weight is 586 g/mol. The van der Waals surface area contributed by atoms with Gasteiger partial charge < -0.3 is 15.9 Å². The number of carboxylic acids is 2. The van der Waals surface area contributed by atoms with Gasteiger partial charge in [0.1, 0.15) is 6.04 Å². The van der Waals surface area contributed by atoms with Crippen LogP contribution in [-0.2, 0) is 22.4 Å². The second kappa shape index (κ2) is 11.0. The topological polar surface area (TPSA) is 101 Å². The molecule has 10 heteroatoms. The van der Waals surface area contributed by atoms with Gasteiger partial charge in [-0.3, -0.25) is 9.59 Å². The van der Waals surface area contributed by atoms with Crippen LogP contribution in [0.4, 0.5) is 0 Å². The average Bonchev–Trinajstić information content (AvgIpc) is 3.68. The highest BCUT2D eigenvalue weighted by Gasteiger charge is 2.23. The number of aliphatic carboxylic acids is 2. The van der Waals surface area contributed by atoms with E-state index in [0.717, 1.165) is 45.3 Å². The third-order valence-electron chi connectivity index (χ3n) is 5.90. The highest BCUT2D eigenvalue weighted by Crippen LogP contribution is 2.47. The van der Waals surface area contributed by atoms with Gasteiger partial charge >= 0.3 is 11.9 Å². The Morgan fingerprint density at radius 2 is 1.24 bits per heavy atom. The first-order valence-corrected chi connectivity index (χ1v) is 15.7. The molecule has 0 fully saturated rings. The van der Waals surface area contributed by atoms with Crippen molar-refractivity contribution >= 4 is 68.6 Å². The van der Waals surface area contributed by atoms with Crippen LogP contribution in [0, 0.1) is 5.92 Å². The molecule has 190 valence electrons. The monoisotopic (exact) mass is 585 g/mol. The van der Waals surface area contributed by atoms with E-state index in [1.807, 2.05) is 22.9 Å². The van der Waals surface area contributed by atoms with Crippen molar-refractivity contribution in [3.8, 4) is 39.0 Å². The molecule has 5 rings (SSSR count). The van der Waals surface area contributed by atoms with Crippen molar-refractivity contribution < 1.29 is 19.8 Å². The van der Waals surface area contributed by atoms with Gasteiger partial charge in [-0.05, 0) is 71.1 Å². The number of nitrogens with two attached hydrogens (primary N) is 1. The molecule has 0 radical (unpaired) electrons. The number of carbonyl (C=O) groups is 2. The SMILES string of the molecule is CC(Cc1cc(-c2cccs2)sc1-c1ccc(-c2sc(-c3cccs3)cc2CC(N)C(=O)O)s1)C(=O)O. The third-order valence-corrected chi connectivity index (χ3v) is 11.8. The van der Waals surface area contributed by atoms with Gasteiger partial charge in [0.05, 0.1) is 5.92 Å². The largest absolute Gasteiger partial charge is 0.481 e. The van der Waals surface area contributed by atoms with Crippen LogP contribution in [-0.4, -0.2) is 28.2 Å². The van der Waals surface area contributed by atoms with E-state index in [4.69, 9.17) is 5.73 Å². The molecule has 0 aliphatic heterocycles. The molecule has 0 aliphatic rings. The molecule has 37 heavy (non-hydrogen) atoms. The van der Waals surface area contributed by atoms with Crippen LogP contribution in [0.15, 0.2) is 59.3 Å². The predicted octanol–water partition coefficient (Wildman–Crippen LogP) is 7.88. The van der Waals surface area contributed by atoms with Crippen molar-refractivity contribution in [3.63, 3.8) is 0 Å². The predicted molar refractivity (Wildman–Crippen MR) is 157 cm³/mol. The van der Waals surface area contributed by atoms with Crippen molar-refractivity contribution in [3.05, 3.63) is 70.4 Å². The van der Waals surface area contributed by atoms with E-state index < -0.39 is 23.9 Å². The van der Waals surface area contributed by atoms with Crippen molar-refractivity contribution in [2.75, 3.05) is 0 Å². The summed E-state index contributed by atoms with van der Waals surface area (Å²) in [4.78, 5) is 31.9. The molecule has 0 aliphatic carbocycles. The summed E-state index contributed by atoms with van der Waals surface area (Å²) in [6.45, 7) is 1.74. The summed E-state index contributed by atoms with van der Waals surface area (Å²) < 4.78 is 0. The van der Waals surface area contributed by atoms with Crippen molar-refractivity contribution in [2.24, 2.45) is 11.7 Å². The maximum Gasteiger partial charge on any atom is 0.320 e. The van der Waals surface area contributed by atoms with E-state index in [9.17, 15) is 19.8 Å². The Hall–Kier alpha value is -2.60. The minimum absolute atomic E-state index is 0.253. The second-order valence-corrected chi connectivity index (χ2v) is 13.7. The summed E-state index contributed by atoms with van der Waals surface area (Å²) in [5, 5.41) is 23.0. The van der Waals surface area contributed by atoms with Crippen molar-refractivity contribution in [1.29, 1.82) is 0 Å². The fourth-order valence-corrected chi connectivity index (χ4v) is 9.31. The Bertz CT molecular complexity index is 1410. The Labute approximate surface area is 234 Å². The Morgan fingerprint density at radius 1 is 0.730 bits per heavy atom. The molecule has 4 N–H and O–H groups in total. The van der Waals surface area contributed by atoms with Crippen LogP contribution in [0.2, 0.25) is 0 Å². The van der Waals surface area contributed by atoms with Crippen LogP contribution in [0.25, 0.3) is 39.0 Å². The number of rotatable bonds is 10. The minimum atomic E-state index is -1.02. The highest BCUT2D eigenvalue weighted by atomic mass is 32.1. The lowest BCUT2D eigenvalue weighted by Crippen LogP contribution is -2.32. The second-order valence-electron chi connectivity index (χ2n) is 8.64. The zero-order valence-electron chi connectivity index (χ0n) is 19.7. The zero-order chi connectivity index (χ0) is 26.1. The van der Waals surface area contributed by atoms with Crippen LogP contribution in [0.5, 0.6) is 0 Å². The van der Waals surface area contributed by atoms with Gasteiger partial charge in [-0.25, -0.2) is 0 Å². The Morgan fingerprint density at radius 3 is 1.68 bits per heavy atom. The zero-order valence-corrected chi connectivity index (χ0v) is 23.8. The quantitative estimate of drug-likeness (QED) is 0.155. The van der Waals surface area contributed by atoms with Gasteiger partial charge in [0, 0.05) is 39.0 Å². The smallest absolute Gasteiger partial charge is 0.320 e. The standard InChI is InChI=1S/C27H23NO4S5/c1-14(26(29)30)10-15-12-22(18-4-2-8-33-18)36-24(15)20-6-7-21(35-20)25-16(11-17(28)27(31)32)13-23(37-25)19-5-3-9-34-19/h2-9,12-14,17H,10-11,28H2,1H3,(H,29,30)(H,31,32). The van der Waals surface area contributed by atoms with Crippen molar-refractivity contribution in [2.45, 2.75) is 25.8 Å². The van der Waals surface area contributed by atoms with Crippen LogP contribution in [0.1, 0.15) is 18.1 Å². The van der Waals surface area contributed by atoms with E-state index in [2.05, 4.69) is 36.4 Å². The van der Waals surface area contributed by atoms with E-state index in [0.29, 0.717) is 6.42 Å². The van der Waals surface area contributed by atoms with Gasteiger partial charge in [0.2, 0.25) is 0 Å². The molecule has 0 saturated carbocycles. The van der Waals surface area contributed by atoms with Gasteiger partial charge in [0.25, 0.3) is 0 Å². The lowest BCUT2D eigenvalue weighted by Gasteiger charge is -2.07. The van der Waals surface area contributed by atoms with Gasteiger partial charge in [-0.1, -0.05) is 19.1 Å². The lowest BCUT2D eigenvalue weighted by molar-refractivity contribution is -0.141. The van der Waals surface area contributed by atoms with Crippen LogP contribution < -0.4 is 5.73 Å². The first kappa shape index (κ1) is 26.0. The molecule has 5 aromatic heterocycles. The summed E-state index contributed by atoms with van der Waals surface area (Å²) in [5.41, 5.74) is 7.89. The van der Waals surface area contributed by atoms with E-state index in [1.165, 1.54) is 4.88 Å². The first-order chi connectivity index (χ1) is 17.8. The fourth-order valence-electron chi connectivity index (χ4n) is 3.98. The Kier molecular flexibility index (Phi) is 7.75. The summed E-state index contributed by atoms with van der Waals surface area (Å²) in [5.74, 6) is -2.31. The lowest BCUT2D eigenvalue weighted by atomic mass is 10.0. The van der Waals surface area contributed by atoms with E-state index in [1.54, 1.807) is 63.6 Å². The molecule has 2 atom stereocenters. The van der Waals surface area contributed by atoms with Gasteiger partial charge in [-0.15, -0.1) is 56.7 Å². The highest BCUT2D eigenvalue weighted by molar-refractivity contribution is 7.29. The van der Waals surface area contributed by atoms with Crippen LogP contribution >= 0.6 is 56.7 Å². The van der Waals surface area contributed by atoms with E-state index in [-0.39, 0.29) is 6.42 Å². The number of carboxylic acid groups (broad SMARTS) is 2. The molecule has 2 unspecified atom stereocenters. The molecule has 5 nitrogen and oxygen atoms in total. The molecule has 5 heterocycles. The number of thiophene rings is 5. The maximum absolute atomic E-state index is 11.6. The Balaban J connectivity index is 1.55. The summed E-state index contributed by atoms with van der Waals surface area (Å²) in [7, 11) is 0. The molecule has 0 spiro atoms. The summed E-state index contributed by atoms with van der Waals surface area (Å²) in [6.07, 6.45) is 0.711. The number of hydrogen-bond acceptors (Lipinski definition) is 8. The molecule has 5 aromatic rings.